The number of nitrogens with zero attached hydrogens (tertiary/aromatic N) is 3. The predicted molar refractivity (Wildman–Crippen MR) is 38.9 cm³/mol. The molecule has 0 N–H and O–H groups in total. The Bertz CT molecular complexity index is 241. The van der Waals surface area contributed by atoms with E-state index in [2.05, 4.69) is 4.85 Å². The normalized spacial score (nSPS) is 11.6. The largest absolute Gasteiger partial charge is 0.385 e. The van der Waals surface area contributed by atoms with Gasteiger partial charge in [-0.1, -0.05) is 0 Å². The van der Waals surface area contributed by atoms with E-state index in [0.29, 0.717) is 0 Å². The van der Waals surface area contributed by atoms with E-state index in [1.54, 1.807) is 0 Å². The van der Waals surface area contributed by atoms with Crippen LogP contribution in [0.5, 0.6) is 0 Å². The second-order valence-corrected chi connectivity index (χ2v) is 2.15. The van der Waals surface area contributed by atoms with Crippen LogP contribution in [0.25, 0.3) is 4.85 Å². The molecule has 64 valence electrons. The first-order chi connectivity index (χ1) is 5.54. The topological polar surface area (TPSA) is 31.4 Å². The maximum absolute atomic E-state index is 12.2. The van der Waals surface area contributed by atoms with Crippen LogP contribution in [0.15, 0.2) is 11.4 Å². The molecule has 0 unspecified atom stereocenters. The fourth-order valence-corrected chi connectivity index (χ4v) is 0.650. The lowest BCUT2D eigenvalue weighted by Crippen LogP contribution is -2.18. The van der Waals surface area contributed by atoms with Gasteiger partial charge in [-0.25, -0.2) is 18.9 Å². The van der Waals surface area contributed by atoms with Gasteiger partial charge in [0.2, 0.25) is 0 Å². The van der Waals surface area contributed by atoms with Crippen LogP contribution in [0.3, 0.4) is 0 Å². The molecule has 0 aliphatic heterocycles. The first-order valence-corrected chi connectivity index (χ1v) is 3.01. The van der Waals surface area contributed by atoms with E-state index in [4.69, 9.17) is 11.8 Å². The highest BCUT2D eigenvalue weighted by Gasteiger charge is 2.18. The SMILES string of the molecule is [C-]#[N+]/C(C#N)=C(/C(F)F)N(C)C. The fourth-order valence-electron chi connectivity index (χ4n) is 0.650. The molecule has 0 radical (unpaired) electrons. The number of hydrogen-bond donors (Lipinski definition) is 0. The molecular formula is C7H7F2N3. The van der Waals surface area contributed by atoms with Crippen LogP contribution in [0.1, 0.15) is 0 Å². The van der Waals surface area contributed by atoms with Crippen LogP contribution in [-0.2, 0) is 0 Å². The van der Waals surface area contributed by atoms with Gasteiger partial charge in [0, 0.05) is 14.1 Å². The molecule has 12 heavy (non-hydrogen) atoms. The molecule has 0 rings (SSSR count). The second-order valence-electron chi connectivity index (χ2n) is 2.15. The van der Waals surface area contributed by atoms with Crippen LogP contribution < -0.4 is 0 Å². The van der Waals surface area contributed by atoms with Crippen molar-refractivity contribution >= 4 is 0 Å². The summed E-state index contributed by atoms with van der Waals surface area (Å²) in [4.78, 5) is 3.77. The molecule has 0 aromatic heterocycles. The van der Waals surface area contributed by atoms with Crippen LogP contribution in [0.4, 0.5) is 8.78 Å². The van der Waals surface area contributed by atoms with E-state index >= 15 is 0 Å². The summed E-state index contributed by atoms with van der Waals surface area (Å²) in [6.45, 7) is 6.46. The van der Waals surface area contributed by atoms with Gasteiger partial charge in [-0.2, -0.15) is 0 Å². The van der Waals surface area contributed by atoms with Gasteiger partial charge in [-0.3, -0.25) is 0 Å². The second kappa shape index (κ2) is 4.30. The zero-order chi connectivity index (χ0) is 9.72. The van der Waals surface area contributed by atoms with E-state index in [1.807, 2.05) is 0 Å². The molecule has 0 bridgehead atoms. The molecule has 0 aromatic rings. The molecule has 5 heteroatoms. The van der Waals surface area contributed by atoms with E-state index < -0.39 is 17.8 Å². The van der Waals surface area contributed by atoms with Gasteiger partial charge in [-0.05, 0) is 0 Å². The summed E-state index contributed by atoms with van der Waals surface area (Å²) in [5.41, 5.74) is -1.09. The summed E-state index contributed by atoms with van der Waals surface area (Å²) < 4.78 is 24.4. The Morgan fingerprint density at radius 3 is 2.17 bits per heavy atom. The molecule has 0 amide bonds. The first-order valence-electron chi connectivity index (χ1n) is 3.01. The van der Waals surface area contributed by atoms with Crippen LogP contribution in [0.2, 0.25) is 0 Å². The minimum atomic E-state index is -2.79. The molecule has 3 nitrogen and oxygen atoms in total. The van der Waals surface area contributed by atoms with Gasteiger partial charge in [0.05, 0.1) is 18.3 Å². The van der Waals surface area contributed by atoms with Gasteiger partial charge in [0.25, 0.3) is 12.1 Å². The molecule has 0 fully saturated rings. The first kappa shape index (κ1) is 10.4. The van der Waals surface area contributed by atoms with Gasteiger partial charge in [0.15, 0.2) is 0 Å². The molecule has 0 aliphatic carbocycles. The maximum atomic E-state index is 12.2. The average molecular weight is 171 g/mol. The summed E-state index contributed by atoms with van der Waals surface area (Å²) in [6.07, 6.45) is -2.79. The fraction of sp³-hybridized carbons (Fsp3) is 0.429. The highest BCUT2D eigenvalue weighted by molar-refractivity contribution is 5.33. The van der Waals surface area contributed by atoms with Crippen LogP contribution in [0, 0.1) is 17.9 Å². The Kier molecular flexibility index (Phi) is 3.72. The summed E-state index contributed by atoms with van der Waals surface area (Å²) in [5.74, 6) is 0. The highest BCUT2D eigenvalue weighted by Crippen LogP contribution is 2.16. The molecule has 0 spiro atoms. The van der Waals surface area contributed by atoms with Gasteiger partial charge >= 0.3 is 0 Å². The Labute approximate surface area is 69.3 Å². The third-order valence-corrected chi connectivity index (χ3v) is 1.15. The summed E-state index contributed by atoms with van der Waals surface area (Å²) in [6, 6.07) is 1.42. The number of halogens is 2. The highest BCUT2D eigenvalue weighted by atomic mass is 19.3. The average Bonchev–Trinajstić information content (AvgIpc) is 1.98. The number of hydrogen-bond acceptors (Lipinski definition) is 2. The molecule has 0 saturated carbocycles. The maximum Gasteiger partial charge on any atom is 0.286 e. The van der Waals surface area contributed by atoms with E-state index in [0.717, 1.165) is 4.90 Å². The van der Waals surface area contributed by atoms with Gasteiger partial charge in [0.1, 0.15) is 0 Å². The minimum absolute atomic E-state index is 0.535. The lowest BCUT2D eigenvalue weighted by atomic mass is 10.3. The van der Waals surface area contributed by atoms with E-state index in [9.17, 15) is 8.78 Å². The van der Waals surface area contributed by atoms with Crippen molar-refractivity contribution in [3.05, 3.63) is 22.8 Å². The number of nitriles is 1. The van der Waals surface area contributed by atoms with Gasteiger partial charge in [-0.15, -0.1) is 0 Å². The quantitative estimate of drug-likeness (QED) is 0.465. The van der Waals surface area contributed by atoms with Crippen LogP contribution >= 0.6 is 0 Å². The van der Waals surface area contributed by atoms with Crippen molar-refractivity contribution in [3.63, 3.8) is 0 Å². The monoisotopic (exact) mass is 171 g/mol. The smallest absolute Gasteiger partial charge is 0.286 e. The Morgan fingerprint density at radius 2 is 2.08 bits per heavy atom. The van der Waals surface area contributed by atoms with Crippen molar-refractivity contribution in [2.75, 3.05) is 14.1 Å². The third kappa shape index (κ3) is 2.21. The van der Waals surface area contributed by atoms with Crippen molar-refractivity contribution in [1.82, 2.24) is 4.90 Å². The van der Waals surface area contributed by atoms with Crippen molar-refractivity contribution in [2.45, 2.75) is 6.43 Å². The summed E-state index contributed by atoms with van der Waals surface area (Å²) >= 11 is 0. The lowest BCUT2D eigenvalue weighted by Gasteiger charge is -2.16. The van der Waals surface area contributed by atoms with Crippen molar-refractivity contribution in [1.29, 1.82) is 5.26 Å². The van der Waals surface area contributed by atoms with E-state index in [1.165, 1.54) is 20.2 Å². The van der Waals surface area contributed by atoms with Crippen LogP contribution in [-0.4, -0.2) is 25.4 Å². The lowest BCUT2D eigenvalue weighted by molar-refractivity contribution is 0.155. The zero-order valence-electron chi connectivity index (χ0n) is 6.67. The number of rotatable bonds is 2. The van der Waals surface area contributed by atoms with Crippen molar-refractivity contribution in [2.24, 2.45) is 0 Å². The number of alkyl halides is 2. The standard InChI is InChI=1S/C7H7F2N3/c1-11-5(4-10)6(7(8)9)12(2)3/h7H,2-3H3/b6-5-. The molecule has 0 atom stereocenters. The van der Waals surface area contributed by atoms with Crippen molar-refractivity contribution in [3.8, 4) is 6.07 Å². The van der Waals surface area contributed by atoms with Crippen molar-refractivity contribution < 1.29 is 8.78 Å². The molecule has 0 aliphatic rings. The van der Waals surface area contributed by atoms with Gasteiger partial charge < -0.3 is 4.90 Å². The number of allylic oxidation sites excluding steroid dienone is 2. The Balaban J connectivity index is 5.11. The Hall–Kier alpha value is -1.62. The molecular weight excluding hydrogens is 164 g/mol. The summed E-state index contributed by atoms with van der Waals surface area (Å²) in [7, 11) is 2.73. The molecule has 0 aromatic carbocycles. The summed E-state index contributed by atoms with van der Waals surface area (Å²) in [5, 5.41) is 8.31. The van der Waals surface area contributed by atoms with E-state index in [-0.39, 0.29) is 0 Å². The zero-order valence-corrected chi connectivity index (χ0v) is 6.67. The minimum Gasteiger partial charge on any atom is -0.385 e. The Morgan fingerprint density at radius 1 is 1.58 bits per heavy atom. The molecule has 0 heterocycles. The third-order valence-electron chi connectivity index (χ3n) is 1.15. The molecule has 0 saturated heterocycles. The predicted octanol–water partition coefficient (Wildman–Crippen LogP) is 1.47.